The SMILES string of the molecule is COc1cc(N)c(S(=O)(=O)O)cc1NC(=O)c1cccc(N)c1.Nc1cccc(C(=O)Nc2ccc(N)c(S(=O)O)c2)c1. The lowest BCUT2D eigenvalue weighted by Gasteiger charge is -2.13. The van der Waals surface area contributed by atoms with Crippen molar-refractivity contribution in [2.45, 2.75) is 9.79 Å². The summed E-state index contributed by atoms with van der Waals surface area (Å²) >= 11 is -2.21. The highest BCUT2D eigenvalue weighted by Gasteiger charge is 2.19. The molecule has 1 atom stereocenters. The van der Waals surface area contributed by atoms with Crippen LogP contribution < -0.4 is 38.3 Å². The second-order valence-electron chi connectivity index (χ2n) is 8.73. The van der Waals surface area contributed by atoms with Gasteiger partial charge in [-0.2, -0.15) is 8.42 Å². The Bertz CT molecular complexity index is 1820. The lowest BCUT2D eigenvalue weighted by Crippen LogP contribution is -2.14. The highest BCUT2D eigenvalue weighted by Crippen LogP contribution is 2.33. The van der Waals surface area contributed by atoms with Gasteiger partial charge in [0.1, 0.15) is 10.6 Å². The molecule has 4 rings (SSSR count). The summed E-state index contributed by atoms with van der Waals surface area (Å²) in [7, 11) is -3.21. The average molecular weight is 629 g/mol. The van der Waals surface area contributed by atoms with E-state index in [1.807, 2.05) is 0 Å². The number of anilines is 6. The third-order valence-corrected chi connectivity index (χ3v) is 7.25. The molecule has 226 valence electrons. The first-order valence-corrected chi connectivity index (χ1v) is 14.5. The Morgan fingerprint density at radius 1 is 0.791 bits per heavy atom. The number of hydrogen-bond donors (Lipinski definition) is 8. The van der Waals surface area contributed by atoms with Crippen molar-refractivity contribution in [3.63, 3.8) is 0 Å². The number of methoxy groups -OCH3 is 1. The van der Waals surface area contributed by atoms with Crippen LogP contribution in [0.2, 0.25) is 0 Å². The maximum absolute atomic E-state index is 12.2. The van der Waals surface area contributed by atoms with Gasteiger partial charge in [0.25, 0.3) is 21.9 Å². The molecular formula is C27H28N6O8S2. The van der Waals surface area contributed by atoms with E-state index in [4.69, 9.17) is 36.8 Å². The minimum atomic E-state index is -4.54. The number of hydrogen-bond acceptors (Lipinski definition) is 10. The number of carbonyl (C=O) groups is 2. The van der Waals surface area contributed by atoms with Gasteiger partial charge in [-0.1, -0.05) is 12.1 Å². The van der Waals surface area contributed by atoms with Gasteiger partial charge in [-0.05, 0) is 60.7 Å². The van der Waals surface area contributed by atoms with Gasteiger partial charge < -0.3 is 42.9 Å². The Kier molecular flexibility index (Phi) is 10.3. The van der Waals surface area contributed by atoms with Crippen molar-refractivity contribution in [2.75, 3.05) is 40.7 Å². The molecule has 1 unspecified atom stereocenters. The predicted octanol–water partition coefficient (Wildman–Crippen LogP) is 3.04. The Labute approximate surface area is 249 Å². The Balaban J connectivity index is 0.000000238. The third kappa shape index (κ3) is 8.66. The van der Waals surface area contributed by atoms with E-state index in [0.717, 1.165) is 6.07 Å². The summed E-state index contributed by atoms with van der Waals surface area (Å²) < 4.78 is 57.0. The Morgan fingerprint density at radius 2 is 1.35 bits per heavy atom. The monoisotopic (exact) mass is 628 g/mol. The highest BCUT2D eigenvalue weighted by molar-refractivity contribution is 7.86. The van der Waals surface area contributed by atoms with Crippen LogP contribution in [0.25, 0.3) is 0 Å². The van der Waals surface area contributed by atoms with Crippen LogP contribution in [-0.4, -0.2) is 40.7 Å². The van der Waals surface area contributed by atoms with Crippen LogP contribution in [0.5, 0.6) is 5.75 Å². The van der Waals surface area contributed by atoms with E-state index in [0.29, 0.717) is 22.6 Å². The molecule has 0 aliphatic carbocycles. The number of nitrogen functional groups attached to an aromatic ring is 4. The zero-order valence-corrected chi connectivity index (χ0v) is 24.1. The largest absolute Gasteiger partial charge is 0.494 e. The maximum atomic E-state index is 12.2. The van der Waals surface area contributed by atoms with Crippen LogP contribution >= 0.6 is 0 Å². The van der Waals surface area contributed by atoms with Crippen molar-refractivity contribution in [1.82, 2.24) is 0 Å². The topological polar surface area (TPSA) is 263 Å². The summed E-state index contributed by atoms with van der Waals surface area (Å²) in [6, 6.07) is 19.3. The molecule has 0 heterocycles. The lowest BCUT2D eigenvalue weighted by molar-refractivity contribution is 0.101. The number of carbonyl (C=O) groups excluding carboxylic acids is 2. The predicted molar refractivity (Wildman–Crippen MR) is 165 cm³/mol. The summed E-state index contributed by atoms with van der Waals surface area (Å²) in [4.78, 5) is 23.7. The van der Waals surface area contributed by atoms with Gasteiger partial charge in [0.05, 0.1) is 29.1 Å². The number of rotatable bonds is 7. The van der Waals surface area contributed by atoms with Gasteiger partial charge in [-0.3, -0.25) is 14.1 Å². The molecule has 43 heavy (non-hydrogen) atoms. The van der Waals surface area contributed by atoms with Gasteiger partial charge in [0, 0.05) is 34.3 Å². The van der Waals surface area contributed by atoms with E-state index in [9.17, 15) is 22.2 Å². The number of nitrogens with two attached hydrogens (primary N) is 4. The molecule has 0 fully saturated rings. The molecule has 0 bridgehead atoms. The molecule has 12 N–H and O–H groups in total. The number of benzene rings is 4. The average Bonchev–Trinajstić information content (AvgIpc) is 2.94. The van der Waals surface area contributed by atoms with Gasteiger partial charge in [-0.15, -0.1) is 0 Å². The van der Waals surface area contributed by atoms with E-state index in [1.165, 1.54) is 37.4 Å². The van der Waals surface area contributed by atoms with Crippen molar-refractivity contribution in [1.29, 1.82) is 0 Å². The molecule has 0 radical (unpaired) electrons. The van der Waals surface area contributed by atoms with Crippen molar-refractivity contribution in [2.24, 2.45) is 0 Å². The zero-order chi connectivity index (χ0) is 31.9. The second kappa shape index (κ2) is 13.7. The van der Waals surface area contributed by atoms with Crippen molar-refractivity contribution >= 4 is 67.1 Å². The van der Waals surface area contributed by atoms with Crippen LogP contribution in [0.3, 0.4) is 0 Å². The lowest BCUT2D eigenvalue weighted by atomic mass is 10.2. The van der Waals surface area contributed by atoms with E-state index < -0.39 is 32.0 Å². The van der Waals surface area contributed by atoms with E-state index in [2.05, 4.69) is 10.6 Å². The number of nitrogens with one attached hydrogen (secondary N) is 2. The minimum Gasteiger partial charge on any atom is -0.494 e. The van der Waals surface area contributed by atoms with Crippen molar-refractivity contribution < 1.29 is 36.1 Å². The van der Waals surface area contributed by atoms with Crippen molar-refractivity contribution in [3.8, 4) is 5.75 Å². The van der Waals surface area contributed by atoms with E-state index >= 15 is 0 Å². The number of amides is 2. The molecule has 0 aliphatic rings. The molecule has 2 amide bonds. The first-order chi connectivity index (χ1) is 20.2. The Hall–Kier alpha value is -5.16. The van der Waals surface area contributed by atoms with Crippen molar-refractivity contribution in [3.05, 3.63) is 90.0 Å². The number of ether oxygens (including phenoxy) is 1. The smallest absolute Gasteiger partial charge is 0.296 e. The first-order valence-electron chi connectivity index (χ1n) is 12.0. The fraction of sp³-hybridized carbons (Fsp3) is 0.0370. The van der Waals surface area contributed by atoms with Gasteiger partial charge in [-0.25, -0.2) is 4.21 Å². The molecular weight excluding hydrogens is 600 g/mol. The fourth-order valence-corrected chi connectivity index (χ4v) is 4.71. The van der Waals surface area contributed by atoms with Gasteiger partial charge in [0.15, 0.2) is 11.1 Å². The molecule has 16 heteroatoms. The minimum absolute atomic E-state index is 0.0433. The summed E-state index contributed by atoms with van der Waals surface area (Å²) in [6.45, 7) is 0. The standard InChI is InChI=1S/C14H15N3O5S.C13H13N3O3S/c1-22-12-6-10(16)13(23(19,20)21)7-11(12)17-14(18)8-3-2-4-9(15)5-8;14-9-3-1-2-8(6-9)13(17)16-10-4-5-11(15)12(7-10)20(18)19/h2-7H,15-16H2,1H3,(H,17,18)(H,19,20,21);1-7H,14-15H2,(H,16,17)(H,18,19). The molecule has 0 aromatic heterocycles. The molecule has 4 aromatic rings. The molecule has 14 nitrogen and oxygen atoms in total. The van der Waals surface area contributed by atoms with Crippen LogP contribution in [0, 0.1) is 0 Å². The molecule has 0 saturated heterocycles. The van der Waals surface area contributed by atoms with Gasteiger partial charge >= 0.3 is 0 Å². The first kappa shape index (κ1) is 32.4. The normalized spacial score (nSPS) is 11.4. The summed E-state index contributed by atoms with van der Waals surface area (Å²) in [5.41, 5.74) is 24.3. The van der Waals surface area contributed by atoms with Crippen LogP contribution in [0.1, 0.15) is 20.7 Å². The maximum Gasteiger partial charge on any atom is 0.296 e. The van der Waals surface area contributed by atoms with Gasteiger partial charge in [0.2, 0.25) is 0 Å². The molecule has 0 spiro atoms. The second-order valence-corrected chi connectivity index (χ2v) is 11.1. The van der Waals surface area contributed by atoms with Crippen LogP contribution in [0.15, 0.2) is 88.7 Å². The highest BCUT2D eigenvalue weighted by atomic mass is 32.2. The molecule has 4 aromatic carbocycles. The fourth-order valence-electron chi connectivity index (χ4n) is 3.59. The van der Waals surface area contributed by atoms with E-state index in [1.54, 1.807) is 42.5 Å². The zero-order valence-electron chi connectivity index (χ0n) is 22.5. The quantitative estimate of drug-likeness (QED) is 0.0834. The summed E-state index contributed by atoms with van der Waals surface area (Å²) in [5, 5.41) is 5.11. The molecule has 0 saturated carbocycles. The Morgan fingerprint density at radius 3 is 1.84 bits per heavy atom. The molecule has 0 aliphatic heterocycles. The van der Waals surface area contributed by atoms with Crippen LogP contribution in [-0.2, 0) is 21.2 Å². The third-order valence-electron chi connectivity index (χ3n) is 5.62. The van der Waals surface area contributed by atoms with E-state index in [-0.39, 0.29) is 39.2 Å². The van der Waals surface area contributed by atoms with Crippen LogP contribution in [0.4, 0.5) is 34.1 Å². The summed E-state index contributed by atoms with van der Waals surface area (Å²) in [6.07, 6.45) is 0. The summed E-state index contributed by atoms with van der Waals surface area (Å²) in [5.74, 6) is -0.745.